The van der Waals surface area contributed by atoms with E-state index in [-0.39, 0.29) is 29.4 Å². The van der Waals surface area contributed by atoms with Crippen molar-refractivity contribution in [3.8, 4) is 11.5 Å². The van der Waals surface area contributed by atoms with Crippen LogP contribution in [0.2, 0.25) is 0 Å². The highest BCUT2D eigenvalue weighted by Crippen LogP contribution is 2.64. The van der Waals surface area contributed by atoms with Crippen LogP contribution in [0.4, 0.5) is 0 Å². The molecule has 3 aliphatic carbocycles. The van der Waals surface area contributed by atoms with E-state index in [1.807, 2.05) is 6.07 Å². The van der Waals surface area contributed by atoms with Crippen molar-refractivity contribution in [1.82, 2.24) is 0 Å². The van der Waals surface area contributed by atoms with E-state index >= 15 is 0 Å². The molecule has 0 aromatic heterocycles. The zero-order chi connectivity index (χ0) is 17.5. The van der Waals surface area contributed by atoms with Gasteiger partial charge in [-0.1, -0.05) is 39.7 Å². The molecule has 2 unspecified atom stereocenters. The van der Waals surface area contributed by atoms with Crippen molar-refractivity contribution in [2.75, 3.05) is 6.61 Å². The predicted octanol–water partition coefficient (Wildman–Crippen LogP) is 4.51. The highest BCUT2D eigenvalue weighted by molar-refractivity contribution is 5.51. The van der Waals surface area contributed by atoms with Gasteiger partial charge < -0.3 is 15.3 Å². The molecular weight excluding hydrogens is 300 g/mol. The quantitative estimate of drug-likeness (QED) is 0.531. The van der Waals surface area contributed by atoms with Crippen LogP contribution in [0.5, 0.6) is 11.5 Å². The van der Waals surface area contributed by atoms with Gasteiger partial charge in [-0.25, -0.2) is 0 Å². The lowest BCUT2D eigenvalue weighted by molar-refractivity contribution is -0.0258. The third-order valence-corrected chi connectivity index (χ3v) is 6.41. The second-order valence-corrected chi connectivity index (χ2v) is 8.14. The smallest absolute Gasteiger partial charge is 0.123 e. The van der Waals surface area contributed by atoms with Crippen molar-refractivity contribution in [3.63, 3.8) is 0 Å². The molecule has 0 spiro atoms. The number of unbranched alkanes of at least 4 members (excludes halogenated alkanes) is 2. The Hall–Kier alpha value is -1.48. The number of phenolic OH excluding ortho intramolecular Hbond substituents is 2. The highest BCUT2D eigenvalue weighted by atomic mass is 16.3. The Labute approximate surface area is 145 Å². The van der Waals surface area contributed by atoms with Crippen molar-refractivity contribution in [2.45, 2.75) is 58.8 Å². The van der Waals surface area contributed by atoms with Crippen LogP contribution >= 0.6 is 0 Å². The lowest BCUT2D eigenvalue weighted by Gasteiger charge is -2.59. The van der Waals surface area contributed by atoms with Crippen LogP contribution in [0, 0.1) is 17.3 Å². The van der Waals surface area contributed by atoms with Gasteiger partial charge in [-0.3, -0.25) is 0 Å². The minimum atomic E-state index is 0.0985. The van der Waals surface area contributed by atoms with Gasteiger partial charge in [-0.05, 0) is 53.7 Å². The molecule has 0 aliphatic heterocycles. The molecule has 0 radical (unpaired) electrons. The summed E-state index contributed by atoms with van der Waals surface area (Å²) in [5.74, 6) is 1.41. The van der Waals surface area contributed by atoms with Gasteiger partial charge in [-0.15, -0.1) is 0 Å². The third kappa shape index (κ3) is 2.73. The van der Waals surface area contributed by atoms with E-state index in [2.05, 4.69) is 26.8 Å². The lowest BCUT2D eigenvalue weighted by atomic mass is 9.45. The Morgan fingerprint density at radius 1 is 1.17 bits per heavy atom. The van der Waals surface area contributed by atoms with Crippen molar-refractivity contribution in [2.24, 2.45) is 17.3 Å². The fraction of sp³-hybridized carbons (Fsp3) is 0.619. The van der Waals surface area contributed by atoms with Crippen LogP contribution in [0.1, 0.15) is 63.5 Å². The Morgan fingerprint density at radius 2 is 1.92 bits per heavy atom. The normalized spacial score (nSPS) is 27.5. The Morgan fingerprint density at radius 3 is 2.54 bits per heavy atom. The molecule has 1 aromatic rings. The van der Waals surface area contributed by atoms with Crippen molar-refractivity contribution < 1.29 is 15.3 Å². The number of aromatic hydroxyl groups is 2. The topological polar surface area (TPSA) is 60.7 Å². The second kappa shape index (κ2) is 6.44. The molecule has 132 valence electrons. The molecule has 0 amide bonds. The number of phenols is 2. The van der Waals surface area contributed by atoms with Crippen LogP contribution in [0.3, 0.4) is 0 Å². The lowest BCUT2D eigenvalue weighted by Crippen LogP contribution is -2.51. The number of aliphatic hydroxyl groups excluding tert-OH is 1. The Balaban J connectivity index is 2.02. The van der Waals surface area contributed by atoms with E-state index < -0.39 is 0 Å². The average molecular weight is 330 g/mol. The van der Waals surface area contributed by atoms with Crippen LogP contribution in [0.15, 0.2) is 23.8 Å². The maximum atomic E-state index is 10.6. The number of fused-ring (bicyclic) bond motifs is 1. The predicted molar refractivity (Wildman–Crippen MR) is 96.3 cm³/mol. The number of aryl methyl sites for hydroxylation is 1. The largest absolute Gasteiger partial charge is 0.508 e. The summed E-state index contributed by atoms with van der Waals surface area (Å²) < 4.78 is 0. The fourth-order valence-corrected chi connectivity index (χ4v) is 4.95. The number of rotatable bonds is 6. The Bertz CT molecular complexity index is 645. The second-order valence-electron chi connectivity index (χ2n) is 8.14. The van der Waals surface area contributed by atoms with Gasteiger partial charge in [0.2, 0.25) is 0 Å². The van der Waals surface area contributed by atoms with E-state index in [4.69, 9.17) is 0 Å². The highest BCUT2D eigenvalue weighted by Gasteiger charge is 2.55. The van der Waals surface area contributed by atoms with Crippen molar-refractivity contribution in [3.05, 3.63) is 34.9 Å². The standard InChI is InChI=1S/C21H30O3/c1-4-5-6-7-13-8-15(23)10-19(24)20(13)16-9-14(12-22)17-11-18(16)21(17,2)3/h8-10,16-18,22-24H,4-7,11-12H2,1-3H3/t16-,17?,18?/m1/s1. The summed E-state index contributed by atoms with van der Waals surface area (Å²) in [7, 11) is 0. The molecular formula is C21H30O3. The first kappa shape index (κ1) is 17.3. The summed E-state index contributed by atoms with van der Waals surface area (Å²) in [5.41, 5.74) is 3.29. The summed E-state index contributed by atoms with van der Waals surface area (Å²) in [6.45, 7) is 6.82. The van der Waals surface area contributed by atoms with Crippen LogP contribution < -0.4 is 0 Å². The maximum Gasteiger partial charge on any atom is 0.123 e. The van der Waals surface area contributed by atoms with Crippen molar-refractivity contribution in [1.29, 1.82) is 0 Å². The first-order valence-corrected chi connectivity index (χ1v) is 9.26. The third-order valence-electron chi connectivity index (χ3n) is 6.41. The molecule has 1 saturated carbocycles. The molecule has 2 bridgehead atoms. The van der Waals surface area contributed by atoms with Crippen LogP contribution in [-0.4, -0.2) is 21.9 Å². The van der Waals surface area contributed by atoms with Gasteiger partial charge in [0.15, 0.2) is 0 Å². The van der Waals surface area contributed by atoms with E-state index in [1.54, 1.807) is 0 Å². The van der Waals surface area contributed by atoms with Crippen LogP contribution in [-0.2, 0) is 6.42 Å². The first-order chi connectivity index (χ1) is 11.4. The molecule has 3 heteroatoms. The molecule has 4 rings (SSSR count). The van der Waals surface area contributed by atoms with Gasteiger partial charge in [0.05, 0.1) is 6.61 Å². The van der Waals surface area contributed by atoms with E-state index in [0.29, 0.717) is 11.8 Å². The van der Waals surface area contributed by atoms with Gasteiger partial charge in [0.1, 0.15) is 11.5 Å². The SMILES string of the molecule is CCCCCc1cc(O)cc(O)c1[C@@H]1C=C(CO)C2CC1C2(C)C. The minimum Gasteiger partial charge on any atom is -0.508 e. The maximum absolute atomic E-state index is 10.6. The van der Waals surface area contributed by atoms with Gasteiger partial charge >= 0.3 is 0 Å². The van der Waals surface area contributed by atoms with E-state index in [0.717, 1.165) is 48.8 Å². The zero-order valence-electron chi connectivity index (χ0n) is 15.0. The minimum absolute atomic E-state index is 0.0985. The van der Waals surface area contributed by atoms with Gasteiger partial charge in [-0.2, -0.15) is 0 Å². The Kier molecular flexibility index (Phi) is 4.65. The first-order valence-electron chi connectivity index (χ1n) is 9.26. The molecule has 0 saturated heterocycles. The monoisotopic (exact) mass is 330 g/mol. The zero-order valence-corrected chi connectivity index (χ0v) is 15.0. The summed E-state index contributed by atoms with van der Waals surface area (Å²) in [4.78, 5) is 0. The summed E-state index contributed by atoms with van der Waals surface area (Å²) >= 11 is 0. The van der Waals surface area contributed by atoms with E-state index in [9.17, 15) is 15.3 Å². The number of aliphatic hydroxyl groups is 1. The molecule has 1 fully saturated rings. The number of allylic oxidation sites excluding steroid dienone is 1. The van der Waals surface area contributed by atoms with Crippen LogP contribution in [0.25, 0.3) is 0 Å². The molecule has 3 nitrogen and oxygen atoms in total. The number of hydrogen-bond donors (Lipinski definition) is 3. The van der Waals surface area contributed by atoms with E-state index in [1.165, 1.54) is 6.07 Å². The summed E-state index contributed by atoms with van der Waals surface area (Å²) in [6, 6.07) is 3.28. The fourth-order valence-electron chi connectivity index (χ4n) is 4.95. The molecule has 24 heavy (non-hydrogen) atoms. The summed E-state index contributed by atoms with van der Waals surface area (Å²) in [5, 5.41) is 30.3. The van der Waals surface area contributed by atoms with Gasteiger partial charge in [0.25, 0.3) is 0 Å². The molecule has 3 aliphatic rings. The van der Waals surface area contributed by atoms with Gasteiger partial charge in [0, 0.05) is 17.5 Å². The molecule has 0 heterocycles. The van der Waals surface area contributed by atoms with Crippen molar-refractivity contribution >= 4 is 0 Å². The summed E-state index contributed by atoms with van der Waals surface area (Å²) in [6.07, 6.45) is 7.50. The number of hydrogen-bond acceptors (Lipinski definition) is 3. The average Bonchev–Trinajstić information content (AvgIpc) is 2.53. The molecule has 3 atom stereocenters. The number of benzene rings is 1. The molecule has 1 aromatic carbocycles. The molecule has 3 N–H and O–H groups in total.